The summed E-state index contributed by atoms with van der Waals surface area (Å²) in [7, 11) is 0. The van der Waals surface area contributed by atoms with Gasteiger partial charge in [0.05, 0.1) is 27.6 Å². The van der Waals surface area contributed by atoms with Gasteiger partial charge in [-0.05, 0) is 44.7 Å². The van der Waals surface area contributed by atoms with E-state index in [4.69, 9.17) is 9.98 Å². The highest BCUT2D eigenvalue weighted by Crippen LogP contribution is 2.32. The third-order valence-electron chi connectivity index (χ3n) is 3.58. The van der Waals surface area contributed by atoms with Crippen molar-refractivity contribution in [3.05, 3.63) is 48.5 Å². The number of benzene rings is 2. The average molecular weight is 511 g/mol. The van der Waals surface area contributed by atoms with Crippen molar-refractivity contribution in [2.45, 2.75) is 26.3 Å². The summed E-state index contributed by atoms with van der Waals surface area (Å²) < 4.78 is 0. The molecule has 0 amide bonds. The summed E-state index contributed by atoms with van der Waals surface area (Å²) >= 11 is 4.34. The number of alkyl halides is 1. The number of pyridine rings is 1. The lowest BCUT2D eigenvalue weighted by atomic mass is 10.1. The molecule has 3 aromatic rings. The maximum absolute atomic E-state index is 12.0. The van der Waals surface area contributed by atoms with E-state index in [9.17, 15) is 4.79 Å². The molecular formula is C20H21Br2N3OS. The second kappa shape index (κ2) is 9.17. The van der Waals surface area contributed by atoms with E-state index in [2.05, 4.69) is 21.2 Å². The molecule has 2 aromatic carbocycles. The Morgan fingerprint density at radius 1 is 1.07 bits per heavy atom. The van der Waals surface area contributed by atoms with Crippen LogP contribution in [0.5, 0.6) is 0 Å². The monoisotopic (exact) mass is 509 g/mol. The first kappa shape index (κ1) is 21.9. The molecule has 0 radical (unpaired) electrons. The van der Waals surface area contributed by atoms with E-state index < -0.39 is 0 Å². The van der Waals surface area contributed by atoms with Gasteiger partial charge in [0.15, 0.2) is 5.17 Å². The zero-order valence-corrected chi connectivity index (χ0v) is 19.4. The van der Waals surface area contributed by atoms with E-state index in [1.807, 2.05) is 69.3 Å². The van der Waals surface area contributed by atoms with E-state index in [-0.39, 0.29) is 33.0 Å². The lowest BCUT2D eigenvalue weighted by Gasteiger charge is -2.18. The Kier molecular flexibility index (Phi) is 7.42. The molecule has 142 valence electrons. The molecule has 0 aliphatic heterocycles. The van der Waals surface area contributed by atoms with Gasteiger partial charge in [0.2, 0.25) is 5.12 Å². The Labute approximate surface area is 182 Å². The molecule has 0 bridgehead atoms. The van der Waals surface area contributed by atoms with Crippen LogP contribution in [0.2, 0.25) is 0 Å². The minimum absolute atomic E-state index is 0. The van der Waals surface area contributed by atoms with Gasteiger partial charge in [-0.15, -0.1) is 17.0 Å². The average Bonchev–Trinajstić information content (AvgIpc) is 2.60. The summed E-state index contributed by atoms with van der Waals surface area (Å²) in [6.07, 6.45) is 0. The zero-order valence-electron chi connectivity index (χ0n) is 15.3. The van der Waals surface area contributed by atoms with Crippen molar-refractivity contribution in [3.8, 4) is 0 Å². The van der Waals surface area contributed by atoms with Gasteiger partial charge in [-0.2, -0.15) is 0 Å². The first-order valence-electron chi connectivity index (χ1n) is 8.28. The summed E-state index contributed by atoms with van der Waals surface area (Å²) in [5.74, 6) is 0. The summed E-state index contributed by atoms with van der Waals surface area (Å²) in [5.41, 5.74) is 2.42. The Balaban J connectivity index is 0.00000261. The summed E-state index contributed by atoms with van der Waals surface area (Å²) in [6.45, 7) is 6.03. The van der Waals surface area contributed by atoms with Crippen LogP contribution in [0.15, 0.2) is 53.5 Å². The number of carbonyl (C=O) groups excluding carboxylic acids is 1. The molecule has 0 spiro atoms. The molecule has 1 aromatic heterocycles. The van der Waals surface area contributed by atoms with Crippen molar-refractivity contribution in [2.24, 2.45) is 4.99 Å². The van der Waals surface area contributed by atoms with Crippen LogP contribution >= 0.6 is 44.7 Å². The van der Waals surface area contributed by atoms with Crippen LogP contribution in [0.25, 0.3) is 21.8 Å². The molecule has 0 fully saturated rings. The molecule has 27 heavy (non-hydrogen) atoms. The lowest BCUT2D eigenvalue weighted by Crippen LogP contribution is -2.19. The van der Waals surface area contributed by atoms with Crippen molar-refractivity contribution < 1.29 is 4.79 Å². The largest absolute Gasteiger partial charge is 0.333 e. The first-order valence-corrected chi connectivity index (χ1v) is 10.2. The fourth-order valence-electron chi connectivity index (χ4n) is 2.60. The van der Waals surface area contributed by atoms with E-state index >= 15 is 0 Å². The van der Waals surface area contributed by atoms with Crippen molar-refractivity contribution in [2.75, 3.05) is 10.6 Å². The Morgan fingerprint density at radius 3 is 2.07 bits per heavy atom. The highest BCUT2D eigenvalue weighted by atomic mass is 79.9. The van der Waals surface area contributed by atoms with Crippen LogP contribution in [0, 0.1) is 0 Å². The molecule has 0 aliphatic rings. The van der Waals surface area contributed by atoms with Crippen molar-refractivity contribution in [1.29, 1.82) is 0 Å². The molecular weight excluding hydrogens is 490 g/mol. The number of nitrogens with one attached hydrogen (secondary N) is 1. The molecule has 0 saturated carbocycles. The van der Waals surface area contributed by atoms with Gasteiger partial charge in [-0.1, -0.05) is 52.3 Å². The van der Waals surface area contributed by atoms with Crippen LogP contribution < -0.4 is 5.32 Å². The minimum atomic E-state index is -0.305. The topological polar surface area (TPSA) is 54.4 Å². The predicted octanol–water partition coefficient (Wildman–Crippen LogP) is 6.19. The van der Waals surface area contributed by atoms with Crippen molar-refractivity contribution in [1.82, 2.24) is 4.98 Å². The minimum Gasteiger partial charge on any atom is -0.333 e. The van der Waals surface area contributed by atoms with Gasteiger partial charge in [0, 0.05) is 10.8 Å². The predicted molar refractivity (Wildman–Crippen MR) is 127 cm³/mol. The molecule has 0 unspecified atom stereocenters. The SMILES string of the molecule is Br.CC(C)(C)N=C(Nc1c2ccccc2nc2ccccc12)SC(=O)CBr. The molecule has 0 aliphatic carbocycles. The summed E-state index contributed by atoms with van der Waals surface area (Å²) in [4.78, 5) is 21.5. The number of thioether (sulfide) groups is 1. The van der Waals surface area contributed by atoms with Gasteiger partial charge in [-0.3, -0.25) is 9.79 Å². The zero-order chi connectivity index (χ0) is 18.7. The van der Waals surface area contributed by atoms with Crippen LogP contribution in [0.3, 0.4) is 0 Å². The molecule has 0 saturated heterocycles. The molecule has 7 heteroatoms. The summed E-state index contributed by atoms with van der Waals surface area (Å²) in [6, 6.07) is 16.0. The molecule has 3 rings (SSSR count). The first-order chi connectivity index (χ1) is 12.4. The quantitative estimate of drug-likeness (QED) is 0.193. The standard InChI is InChI=1S/C20H20BrN3OS.BrH/c1-20(2,3)24-19(26-17(25)12-21)23-18-13-8-4-6-10-15(13)22-16-11-7-5-9-14(16)18;/h4-11H,12H2,1-3H3,(H,22,23,24);1H. The van der Waals surface area contributed by atoms with Crippen molar-refractivity contribution in [3.63, 3.8) is 0 Å². The van der Waals surface area contributed by atoms with E-state index in [1.165, 1.54) is 0 Å². The molecule has 1 heterocycles. The van der Waals surface area contributed by atoms with Gasteiger partial charge in [0.1, 0.15) is 0 Å². The number of anilines is 1. The third kappa shape index (κ3) is 5.53. The molecule has 1 N–H and O–H groups in total. The highest BCUT2D eigenvalue weighted by molar-refractivity contribution is 9.09. The smallest absolute Gasteiger partial charge is 0.207 e. The highest BCUT2D eigenvalue weighted by Gasteiger charge is 2.17. The Morgan fingerprint density at radius 2 is 1.59 bits per heavy atom. The number of carbonyl (C=O) groups is 1. The Bertz CT molecular complexity index is 945. The lowest BCUT2D eigenvalue weighted by molar-refractivity contribution is -0.108. The second-order valence-corrected chi connectivity index (χ2v) is 8.45. The van der Waals surface area contributed by atoms with E-state index in [0.717, 1.165) is 39.3 Å². The molecule has 4 nitrogen and oxygen atoms in total. The summed E-state index contributed by atoms with van der Waals surface area (Å²) in [5, 5.41) is 6.29. The normalized spacial score (nSPS) is 12.1. The fraction of sp³-hybridized carbons (Fsp3) is 0.250. The number of amidine groups is 1. The molecule has 0 atom stereocenters. The number of fused-ring (bicyclic) bond motifs is 2. The number of aliphatic imine (C=N–C) groups is 1. The van der Waals surface area contributed by atoms with Crippen LogP contribution in [0.1, 0.15) is 20.8 Å². The second-order valence-electron chi connectivity index (χ2n) is 6.84. The number of hydrogen-bond donors (Lipinski definition) is 1. The van der Waals surface area contributed by atoms with Crippen LogP contribution in [-0.4, -0.2) is 26.1 Å². The van der Waals surface area contributed by atoms with E-state index in [0.29, 0.717) is 5.17 Å². The maximum Gasteiger partial charge on any atom is 0.207 e. The number of aromatic nitrogens is 1. The van der Waals surface area contributed by atoms with Crippen molar-refractivity contribution >= 4 is 82.4 Å². The number of hydrogen-bond acceptors (Lipinski definition) is 4. The van der Waals surface area contributed by atoms with Gasteiger partial charge in [0.25, 0.3) is 0 Å². The van der Waals surface area contributed by atoms with E-state index in [1.54, 1.807) is 0 Å². The Hall–Kier alpha value is -1.44. The number of para-hydroxylation sites is 2. The van der Waals surface area contributed by atoms with Gasteiger partial charge in [-0.25, -0.2) is 4.98 Å². The number of nitrogens with zero attached hydrogens (tertiary/aromatic N) is 2. The fourth-order valence-corrected chi connectivity index (χ4v) is 3.68. The van der Waals surface area contributed by atoms with Gasteiger partial charge >= 0.3 is 0 Å². The number of halogens is 2. The number of rotatable bonds is 2. The van der Waals surface area contributed by atoms with Crippen LogP contribution in [0.4, 0.5) is 5.69 Å². The third-order valence-corrected chi connectivity index (χ3v) is 5.22. The van der Waals surface area contributed by atoms with Crippen LogP contribution in [-0.2, 0) is 4.79 Å². The maximum atomic E-state index is 12.0. The van der Waals surface area contributed by atoms with Gasteiger partial charge < -0.3 is 5.32 Å².